The molecule has 1 aromatic carbocycles. The summed E-state index contributed by atoms with van der Waals surface area (Å²) >= 11 is 0. The first-order valence-electron chi connectivity index (χ1n) is 9.84. The van der Waals surface area contributed by atoms with E-state index in [1.165, 1.54) is 0 Å². The highest BCUT2D eigenvalue weighted by molar-refractivity contribution is 6.62. The summed E-state index contributed by atoms with van der Waals surface area (Å²) in [6.07, 6.45) is -0.989. The van der Waals surface area contributed by atoms with Gasteiger partial charge in [0.05, 0.1) is 16.7 Å². The molecule has 0 spiro atoms. The lowest BCUT2D eigenvalue weighted by Gasteiger charge is -2.45. The highest BCUT2D eigenvalue weighted by Gasteiger charge is 2.52. The topological polar surface area (TPSA) is 56.8 Å². The van der Waals surface area contributed by atoms with Gasteiger partial charge in [0.2, 0.25) is 0 Å². The Morgan fingerprint density at radius 1 is 1.11 bits per heavy atom. The Morgan fingerprint density at radius 2 is 1.61 bits per heavy atom. The van der Waals surface area contributed by atoms with Gasteiger partial charge in [-0.25, -0.2) is 9.18 Å². The maximum Gasteiger partial charge on any atom is 0.494 e. The van der Waals surface area contributed by atoms with Gasteiger partial charge in [-0.05, 0) is 59.5 Å². The van der Waals surface area contributed by atoms with Crippen LogP contribution in [0.15, 0.2) is 24.3 Å². The second kappa shape index (κ2) is 6.73. The number of hydrogen-bond donors (Lipinski definition) is 1. The van der Waals surface area contributed by atoms with Gasteiger partial charge in [-0.15, -0.1) is 0 Å². The molecule has 1 aliphatic heterocycles. The van der Waals surface area contributed by atoms with Crippen LogP contribution in [0.3, 0.4) is 0 Å². The lowest BCUT2D eigenvalue weighted by Crippen LogP contribution is -2.56. The van der Waals surface area contributed by atoms with E-state index < -0.39 is 41.7 Å². The highest BCUT2D eigenvalue weighted by Crippen LogP contribution is 2.43. The van der Waals surface area contributed by atoms with Crippen molar-refractivity contribution in [1.29, 1.82) is 0 Å². The summed E-state index contributed by atoms with van der Waals surface area (Å²) < 4.78 is 31.3. The first kappa shape index (κ1) is 21.1. The standard InChI is InChI=1S/C21H31BFNO4/c1-18(2,3)26-17(25)24-21(12-16(23)13-21)14-8-10-15(11-9-14)22-27-19(4,5)20(6,7)28-22/h8-11,16H,12-13H2,1-7H3,(H,24,25). The number of ether oxygens (including phenoxy) is 1. The Labute approximate surface area is 167 Å². The van der Waals surface area contributed by atoms with Crippen LogP contribution in [0.25, 0.3) is 0 Å². The van der Waals surface area contributed by atoms with Crippen LogP contribution in [-0.2, 0) is 19.6 Å². The van der Waals surface area contributed by atoms with Crippen molar-refractivity contribution < 1.29 is 23.2 Å². The largest absolute Gasteiger partial charge is 0.494 e. The molecule has 0 aromatic heterocycles. The molecule has 1 aliphatic carbocycles. The molecule has 3 rings (SSSR count). The average molecular weight is 391 g/mol. The molecular weight excluding hydrogens is 360 g/mol. The molecule has 1 saturated carbocycles. The third-order valence-corrected chi connectivity index (χ3v) is 5.87. The molecule has 2 fully saturated rings. The zero-order valence-electron chi connectivity index (χ0n) is 17.9. The molecule has 1 aromatic rings. The fourth-order valence-corrected chi connectivity index (χ4v) is 3.54. The Kier molecular flexibility index (Phi) is 5.08. The van der Waals surface area contributed by atoms with Crippen molar-refractivity contribution in [3.05, 3.63) is 29.8 Å². The average Bonchev–Trinajstić information content (AvgIpc) is 2.72. The Bertz CT molecular complexity index is 720. The number of hydrogen-bond acceptors (Lipinski definition) is 4. The normalized spacial score (nSPS) is 28.6. The molecule has 5 nitrogen and oxygen atoms in total. The van der Waals surface area contributed by atoms with Crippen molar-refractivity contribution in [3.63, 3.8) is 0 Å². The van der Waals surface area contributed by atoms with Crippen LogP contribution >= 0.6 is 0 Å². The highest BCUT2D eigenvalue weighted by atomic mass is 19.1. The van der Waals surface area contributed by atoms with Gasteiger partial charge < -0.3 is 19.4 Å². The van der Waals surface area contributed by atoms with Crippen molar-refractivity contribution in [2.75, 3.05) is 0 Å². The predicted molar refractivity (Wildman–Crippen MR) is 107 cm³/mol. The van der Waals surface area contributed by atoms with E-state index in [0.29, 0.717) is 0 Å². The number of halogens is 1. The molecule has 1 saturated heterocycles. The fraction of sp³-hybridized carbons (Fsp3) is 0.667. The van der Waals surface area contributed by atoms with Crippen molar-refractivity contribution >= 4 is 18.7 Å². The van der Waals surface area contributed by atoms with Gasteiger partial charge in [0.25, 0.3) is 0 Å². The predicted octanol–water partition coefficient (Wildman–Crippen LogP) is 3.84. The molecule has 2 aliphatic rings. The SMILES string of the molecule is CC(C)(C)OC(=O)NC1(c2ccc(B3OC(C)(C)C(C)(C)O3)cc2)CC(F)C1. The molecule has 0 unspecified atom stereocenters. The summed E-state index contributed by atoms with van der Waals surface area (Å²) in [5, 5.41) is 2.88. The molecule has 1 amide bonds. The van der Waals surface area contributed by atoms with Crippen LogP contribution in [0, 0.1) is 0 Å². The molecule has 28 heavy (non-hydrogen) atoms. The van der Waals surface area contributed by atoms with Crippen molar-refractivity contribution in [3.8, 4) is 0 Å². The zero-order valence-corrected chi connectivity index (χ0v) is 17.9. The summed E-state index contributed by atoms with van der Waals surface area (Å²) in [5.41, 5.74) is -0.421. The van der Waals surface area contributed by atoms with Crippen molar-refractivity contribution in [1.82, 2.24) is 5.32 Å². The summed E-state index contributed by atoms with van der Waals surface area (Å²) in [5.74, 6) is 0. The van der Waals surface area contributed by atoms with E-state index in [1.807, 2.05) is 52.0 Å². The maximum absolute atomic E-state index is 13.7. The minimum absolute atomic E-state index is 0.238. The number of carbonyl (C=O) groups is 1. The van der Waals surface area contributed by atoms with Gasteiger partial charge in [-0.1, -0.05) is 24.3 Å². The van der Waals surface area contributed by atoms with Gasteiger partial charge in [0.15, 0.2) is 0 Å². The monoisotopic (exact) mass is 391 g/mol. The quantitative estimate of drug-likeness (QED) is 0.796. The van der Waals surface area contributed by atoms with Gasteiger partial charge in [0.1, 0.15) is 11.8 Å². The van der Waals surface area contributed by atoms with E-state index in [2.05, 4.69) is 5.32 Å². The number of amides is 1. The number of rotatable bonds is 3. The number of benzene rings is 1. The molecule has 1 N–H and O–H groups in total. The van der Waals surface area contributed by atoms with E-state index in [4.69, 9.17) is 14.0 Å². The summed E-state index contributed by atoms with van der Waals surface area (Å²) in [6.45, 7) is 13.5. The Hall–Kier alpha value is -1.60. The molecule has 0 atom stereocenters. The van der Waals surface area contributed by atoms with Gasteiger partial charge >= 0.3 is 13.2 Å². The number of nitrogens with one attached hydrogen (secondary N) is 1. The van der Waals surface area contributed by atoms with Gasteiger partial charge in [-0.3, -0.25) is 0 Å². The molecular formula is C21H31BFNO4. The fourth-order valence-electron chi connectivity index (χ4n) is 3.54. The van der Waals surface area contributed by atoms with Crippen LogP contribution < -0.4 is 10.8 Å². The van der Waals surface area contributed by atoms with Crippen LogP contribution in [0.1, 0.15) is 66.9 Å². The molecule has 0 bridgehead atoms. The van der Waals surface area contributed by atoms with E-state index in [-0.39, 0.29) is 12.8 Å². The first-order valence-corrected chi connectivity index (χ1v) is 9.84. The molecule has 0 radical (unpaired) electrons. The molecule has 7 heteroatoms. The molecule has 1 heterocycles. The summed E-state index contributed by atoms with van der Waals surface area (Å²) in [4.78, 5) is 12.3. The number of carbonyl (C=O) groups excluding carboxylic acids is 1. The number of alkyl halides is 1. The third kappa shape index (κ3) is 4.06. The minimum atomic E-state index is -0.933. The lowest BCUT2D eigenvalue weighted by atomic mass is 9.69. The summed E-state index contributed by atoms with van der Waals surface area (Å²) in [7, 11) is -0.455. The van der Waals surface area contributed by atoms with E-state index in [9.17, 15) is 9.18 Å². The van der Waals surface area contributed by atoms with Crippen LogP contribution in [0.4, 0.5) is 9.18 Å². The zero-order chi connectivity index (χ0) is 21.0. The van der Waals surface area contributed by atoms with Crippen LogP contribution in [0.2, 0.25) is 0 Å². The number of alkyl carbamates (subject to hydrolysis) is 1. The third-order valence-electron chi connectivity index (χ3n) is 5.87. The maximum atomic E-state index is 13.7. The Morgan fingerprint density at radius 3 is 2.04 bits per heavy atom. The second-order valence-corrected chi connectivity index (χ2v) is 9.92. The second-order valence-electron chi connectivity index (χ2n) is 9.92. The van der Waals surface area contributed by atoms with Crippen LogP contribution in [-0.4, -0.2) is 36.2 Å². The summed E-state index contributed by atoms with van der Waals surface area (Å²) in [6, 6.07) is 7.65. The van der Waals surface area contributed by atoms with E-state index in [0.717, 1.165) is 11.0 Å². The Balaban J connectivity index is 1.76. The lowest BCUT2D eigenvalue weighted by molar-refractivity contribution is 0.00578. The minimum Gasteiger partial charge on any atom is -0.444 e. The van der Waals surface area contributed by atoms with Crippen molar-refractivity contribution in [2.45, 2.75) is 89.8 Å². The van der Waals surface area contributed by atoms with E-state index >= 15 is 0 Å². The molecule has 154 valence electrons. The van der Waals surface area contributed by atoms with Gasteiger partial charge in [-0.2, -0.15) is 0 Å². The first-order chi connectivity index (χ1) is 12.7. The van der Waals surface area contributed by atoms with E-state index in [1.54, 1.807) is 20.8 Å². The van der Waals surface area contributed by atoms with Crippen LogP contribution in [0.5, 0.6) is 0 Å². The van der Waals surface area contributed by atoms with Gasteiger partial charge in [0, 0.05) is 12.8 Å². The smallest absolute Gasteiger partial charge is 0.444 e. The van der Waals surface area contributed by atoms with Crippen molar-refractivity contribution in [2.24, 2.45) is 0 Å².